The van der Waals surface area contributed by atoms with Crippen molar-refractivity contribution in [3.8, 4) is 0 Å². The number of hydrogen-bond donors (Lipinski definition) is 3. The molecule has 2 aromatic rings. The summed E-state index contributed by atoms with van der Waals surface area (Å²) in [6.45, 7) is 20.0. The van der Waals surface area contributed by atoms with Crippen LogP contribution in [-0.4, -0.2) is 63.4 Å². The number of hydrogen-bond acceptors (Lipinski definition) is 7. The Kier molecular flexibility index (Phi) is 13.3. The molecule has 2 rings (SSSR count). The summed E-state index contributed by atoms with van der Waals surface area (Å²) in [7, 11) is 0. The van der Waals surface area contributed by atoms with E-state index in [0.29, 0.717) is 12.0 Å². The predicted molar refractivity (Wildman–Crippen MR) is 185 cm³/mol. The van der Waals surface area contributed by atoms with E-state index in [-0.39, 0.29) is 12.2 Å². The molecule has 0 fully saturated rings. The van der Waals surface area contributed by atoms with E-state index in [1.54, 1.807) is 41.5 Å². The summed E-state index contributed by atoms with van der Waals surface area (Å²) in [4.78, 5) is 57.0. The molecule has 3 amide bonds. The van der Waals surface area contributed by atoms with Gasteiger partial charge in [-0.1, -0.05) is 61.0 Å². The van der Waals surface area contributed by atoms with E-state index in [1.807, 2.05) is 83.1 Å². The van der Waals surface area contributed by atoms with Gasteiger partial charge in [0, 0.05) is 17.7 Å². The zero-order valence-electron chi connectivity index (χ0n) is 29.3. The van der Waals surface area contributed by atoms with Gasteiger partial charge in [-0.05, 0) is 92.3 Å². The monoisotopic (exact) mass is 655 g/mol. The number of alkyl carbamates (subject to hydrolysis) is 1. The molecule has 0 saturated carbocycles. The van der Waals surface area contributed by atoms with Gasteiger partial charge in [-0.3, -0.25) is 9.59 Å². The number of amides is 3. The molecule has 0 aliphatic carbocycles. The molecule has 0 aliphatic heterocycles. The molecule has 0 heterocycles. The van der Waals surface area contributed by atoms with Gasteiger partial charge in [0.15, 0.2) is 0 Å². The predicted octanol–water partition coefficient (Wildman–Crippen LogP) is 6.25. The molecule has 2 aromatic carbocycles. The smallest absolute Gasteiger partial charge is 0.408 e. The van der Waals surface area contributed by atoms with Gasteiger partial charge in [0.25, 0.3) is 0 Å². The highest BCUT2D eigenvalue weighted by Gasteiger charge is 2.44. The highest BCUT2D eigenvalue weighted by atomic mass is 32.1. The minimum absolute atomic E-state index is 0.0376. The van der Waals surface area contributed by atoms with Gasteiger partial charge in [-0.25, -0.2) is 9.59 Å². The van der Waals surface area contributed by atoms with Crippen LogP contribution in [0.5, 0.6) is 0 Å². The first-order valence-corrected chi connectivity index (χ1v) is 16.4. The lowest BCUT2D eigenvalue weighted by molar-refractivity contribution is -0.159. The molecule has 0 bridgehead atoms. The third-order valence-corrected chi connectivity index (χ3v) is 7.81. The average Bonchev–Trinajstić information content (AvgIpc) is 2.92. The lowest BCUT2D eigenvalue weighted by atomic mass is 9.89. The van der Waals surface area contributed by atoms with Crippen molar-refractivity contribution in [2.75, 3.05) is 5.75 Å². The molecule has 0 radical (unpaired) electrons. The minimum Gasteiger partial charge on any atom is -0.458 e. The van der Waals surface area contributed by atoms with Crippen LogP contribution in [0.15, 0.2) is 48.5 Å². The minimum atomic E-state index is -1.16. The molecular formula is C36H53N3O6S. The zero-order chi connectivity index (χ0) is 35.0. The second-order valence-electron chi connectivity index (χ2n) is 14.3. The van der Waals surface area contributed by atoms with E-state index in [4.69, 9.17) is 9.47 Å². The summed E-state index contributed by atoms with van der Waals surface area (Å²) >= 11 is 4.40. The van der Waals surface area contributed by atoms with Gasteiger partial charge in [-0.2, -0.15) is 12.6 Å². The van der Waals surface area contributed by atoms with Gasteiger partial charge in [0.05, 0.1) is 0 Å². The van der Waals surface area contributed by atoms with Crippen molar-refractivity contribution in [3.05, 3.63) is 70.8 Å². The van der Waals surface area contributed by atoms with Gasteiger partial charge in [0.1, 0.15) is 29.3 Å². The fourth-order valence-corrected chi connectivity index (χ4v) is 5.19. The number of aryl methyl sites for hydroxylation is 2. The normalized spacial score (nSPS) is 14.0. The van der Waals surface area contributed by atoms with Crippen LogP contribution in [0.2, 0.25) is 0 Å². The number of thiol groups is 1. The van der Waals surface area contributed by atoms with E-state index in [9.17, 15) is 19.2 Å². The Hall–Kier alpha value is -3.53. The quantitative estimate of drug-likeness (QED) is 0.184. The Bertz CT molecular complexity index is 1360. The molecule has 3 unspecified atom stereocenters. The fourth-order valence-electron chi connectivity index (χ4n) is 4.95. The number of benzene rings is 2. The van der Waals surface area contributed by atoms with E-state index < -0.39 is 58.7 Å². The summed E-state index contributed by atoms with van der Waals surface area (Å²) in [5.74, 6) is -1.69. The maximum absolute atomic E-state index is 14.6. The van der Waals surface area contributed by atoms with E-state index >= 15 is 0 Å². The van der Waals surface area contributed by atoms with Gasteiger partial charge >= 0.3 is 12.1 Å². The van der Waals surface area contributed by atoms with E-state index in [0.717, 1.165) is 16.7 Å². The third kappa shape index (κ3) is 11.4. The summed E-state index contributed by atoms with van der Waals surface area (Å²) in [6, 6.07) is 11.7. The molecule has 2 N–H and O–H groups in total. The molecule has 0 saturated heterocycles. The lowest BCUT2D eigenvalue weighted by Gasteiger charge is -2.45. The number of nitrogens with zero attached hydrogens (tertiary/aromatic N) is 1. The summed E-state index contributed by atoms with van der Waals surface area (Å²) < 4.78 is 11.2. The van der Waals surface area contributed by atoms with Crippen molar-refractivity contribution in [2.24, 2.45) is 0 Å². The van der Waals surface area contributed by atoms with Crippen molar-refractivity contribution in [3.63, 3.8) is 0 Å². The Morgan fingerprint density at radius 2 is 1.41 bits per heavy atom. The van der Waals surface area contributed by atoms with Crippen molar-refractivity contribution < 1.29 is 28.7 Å². The van der Waals surface area contributed by atoms with Gasteiger partial charge in [-0.15, -0.1) is 0 Å². The van der Waals surface area contributed by atoms with E-state index in [2.05, 4.69) is 23.3 Å². The van der Waals surface area contributed by atoms with Gasteiger partial charge in [0.2, 0.25) is 11.8 Å². The van der Waals surface area contributed by atoms with Crippen LogP contribution < -0.4 is 10.6 Å². The maximum atomic E-state index is 14.6. The number of nitrogens with one attached hydrogen (secondary N) is 2. The second kappa shape index (κ2) is 15.8. The number of rotatable bonds is 12. The Labute approximate surface area is 280 Å². The standard InChI is InChI=1S/C36H53N3O6S/c1-12-36(10,11)39(31(41)28(22-46)38-33(43)45-35(7,8)9)29(26-19-18-23(2)20-24(26)3)30(40)37-27(32(42)44-34(4,5)6)21-25-16-14-13-15-17-25/h13-20,27-29,46H,12,21-22H2,1-11H3,(H,37,40)(H,38,43). The summed E-state index contributed by atoms with van der Waals surface area (Å²) in [5, 5.41) is 5.60. The highest BCUT2D eigenvalue weighted by molar-refractivity contribution is 7.80. The highest BCUT2D eigenvalue weighted by Crippen LogP contribution is 2.34. The molecule has 46 heavy (non-hydrogen) atoms. The maximum Gasteiger partial charge on any atom is 0.408 e. The molecule has 0 aromatic heterocycles. The first-order valence-electron chi connectivity index (χ1n) is 15.8. The van der Waals surface area contributed by atoms with Crippen molar-refractivity contribution in [1.82, 2.24) is 15.5 Å². The average molecular weight is 656 g/mol. The molecular weight excluding hydrogens is 602 g/mol. The Balaban J connectivity index is 2.70. The largest absolute Gasteiger partial charge is 0.458 e. The molecule has 0 spiro atoms. The SMILES string of the molecule is CCC(C)(C)N(C(=O)C(CS)NC(=O)OC(C)(C)C)C(C(=O)NC(Cc1ccccc1)C(=O)OC(C)(C)C)c1ccc(C)cc1C. The van der Waals surface area contributed by atoms with Gasteiger partial charge < -0.3 is 25.0 Å². The topological polar surface area (TPSA) is 114 Å². The molecule has 9 nitrogen and oxygen atoms in total. The van der Waals surface area contributed by atoms with Crippen LogP contribution in [0.1, 0.15) is 97.0 Å². The van der Waals surface area contributed by atoms with E-state index in [1.165, 1.54) is 4.90 Å². The second-order valence-corrected chi connectivity index (χ2v) is 14.7. The number of ether oxygens (including phenoxy) is 2. The number of esters is 1. The summed E-state index contributed by atoms with van der Waals surface area (Å²) in [6.07, 6.45) is -0.0980. The van der Waals surface area contributed by atoms with Crippen LogP contribution in [0.25, 0.3) is 0 Å². The molecule has 254 valence electrons. The van der Waals surface area contributed by atoms with Crippen LogP contribution in [0, 0.1) is 13.8 Å². The summed E-state index contributed by atoms with van der Waals surface area (Å²) in [5.41, 5.74) is 0.772. The third-order valence-electron chi connectivity index (χ3n) is 7.44. The van der Waals surface area contributed by atoms with Crippen LogP contribution in [0.3, 0.4) is 0 Å². The first kappa shape index (κ1) is 38.7. The van der Waals surface area contributed by atoms with Crippen LogP contribution in [-0.2, 0) is 30.3 Å². The van der Waals surface area contributed by atoms with Crippen molar-refractivity contribution in [2.45, 2.75) is 124 Å². The van der Waals surface area contributed by atoms with Crippen molar-refractivity contribution >= 4 is 36.5 Å². The van der Waals surface area contributed by atoms with Crippen LogP contribution in [0.4, 0.5) is 4.79 Å². The molecule has 3 atom stereocenters. The fraction of sp³-hybridized carbons (Fsp3) is 0.556. The number of carbonyl (C=O) groups is 4. The van der Waals surface area contributed by atoms with Crippen molar-refractivity contribution in [1.29, 1.82) is 0 Å². The number of carbonyl (C=O) groups excluding carboxylic acids is 4. The first-order chi connectivity index (χ1) is 21.2. The molecule has 10 heteroatoms. The lowest BCUT2D eigenvalue weighted by Crippen LogP contribution is -2.61. The molecule has 0 aliphatic rings. The van der Waals surface area contributed by atoms with Crippen LogP contribution >= 0.6 is 12.6 Å². The Morgan fingerprint density at radius 1 is 0.826 bits per heavy atom. The zero-order valence-corrected chi connectivity index (χ0v) is 30.2. The Morgan fingerprint density at radius 3 is 1.91 bits per heavy atom.